The summed E-state index contributed by atoms with van der Waals surface area (Å²) in [6.07, 6.45) is 8.07. The third-order valence-electron chi connectivity index (χ3n) is 2.63. The first kappa shape index (κ1) is 13.9. The van der Waals surface area contributed by atoms with Crippen LogP contribution in [0.5, 0.6) is 5.88 Å². The number of aryl methyl sites for hydroxylation is 1. The van der Waals surface area contributed by atoms with Crippen LogP contribution in [0.3, 0.4) is 0 Å². The van der Waals surface area contributed by atoms with Crippen LogP contribution in [0.25, 0.3) is 0 Å². The van der Waals surface area contributed by atoms with Gasteiger partial charge in [0.05, 0.1) is 26.1 Å². The zero-order valence-corrected chi connectivity index (χ0v) is 11.2. The van der Waals surface area contributed by atoms with Crippen molar-refractivity contribution in [2.45, 2.75) is 12.8 Å². The molecule has 2 heterocycles. The Morgan fingerprint density at radius 1 is 1.20 bits per heavy atom. The molecule has 2 aromatic rings. The van der Waals surface area contributed by atoms with Crippen LogP contribution in [0.2, 0.25) is 0 Å². The van der Waals surface area contributed by atoms with Crippen molar-refractivity contribution >= 4 is 5.97 Å². The second kappa shape index (κ2) is 7.18. The zero-order chi connectivity index (χ0) is 14.2. The first-order valence-electron chi connectivity index (χ1n) is 6.21. The predicted octanol–water partition coefficient (Wildman–Crippen LogP) is 1.67. The Hall–Kier alpha value is -2.50. The third kappa shape index (κ3) is 4.01. The van der Waals surface area contributed by atoms with Gasteiger partial charge in [0.25, 0.3) is 0 Å². The number of carbonyl (C=O) groups is 1. The van der Waals surface area contributed by atoms with E-state index in [4.69, 9.17) is 4.74 Å². The summed E-state index contributed by atoms with van der Waals surface area (Å²) in [6, 6.07) is 3.95. The molecule has 0 fully saturated rings. The Bertz CT molecular complexity index is 543. The topological polar surface area (TPSA) is 74.2 Å². The number of rotatable bonds is 6. The van der Waals surface area contributed by atoms with E-state index in [1.165, 1.54) is 25.1 Å². The van der Waals surface area contributed by atoms with Gasteiger partial charge in [-0.15, -0.1) is 0 Å². The summed E-state index contributed by atoms with van der Waals surface area (Å²) in [5.74, 6) is -0.117. The van der Waals surface area contributed by atoms with Crippen LogP contribution in [0.4, 0.5) is 0 Å². The summed E-state index contributed by atoms with van der Waals surface area (Å²) in [4.78, 5) is 23.0. The summed E-state index contributed by atoms with van der Waals surface area (Å²) < 4.78 is 9.99. The molecule has 0 bridgehead atoms. The molecule has 0 saturated heterocycles. The fourth-order valence-corrected chi connectivity index (χ4v) is 1.60. The molecule has 0 atom stereocenters. The molecule has 0 unspecified atom stereocenters. The van der Waals surface area contributed by atoms with E-state index in [9.17, 15) is 4.79 Å². The van der Waals surface area contributed by atoms with E-state index in [1.807, 2.05) is 12.1 Å². The second-order valence-corrected chi connectivity index (χ2v) is 4.04. The van der Waals surface area contributed by atoms with Crippen molar-refractivity contribution < 1.29 is 14.3 Å². The van der Waals surface area contributed by atoms with Gasteiger partial charge in [-0.2, -0.15) is 0 Å². The highest BCUT2D eigenvalue weighted by molar-refractivity contribution is 5.86. The average Bonchev–Trinajstić information content (AvgIpc) is 2.52. The summed E-state index contributed by atoms with van der Waals surface area (Å²) in [5.41, 5.74) is 1.38. The quantitative estimate of drug-likeness (QED) is 0.588. The Balaban J connectivity index is 1.75. The van der Waals surface area contributed by atoms with Crippen molar-refractivity contribution in [2.75, 3.05) is 13.7 Å². The number of nitrogens with zero attached hydrogens (tertiary/aromatic N) is 3. The van der Waals surface area contributed by atoms with Gasteiger partial charge in [0.1, 0.15) is 0 Å². The van der Waals surface area contributed by atoms with Gasteiger partial charge < -0.3 is 9.47 Å². The van der Waals surface area contributed by atoms with Crippen molar-refractivity contribution in [3.8, 4) is 5.88 Å². The van der Waals surface area contributed by atoms with E-state index < -0.39 is 5.97 Å². The Labute approximate surface area is 116 Å². The molecule has 0 aliphatic heterocycles. The number of esters is 1. The maximum atomic E-state index is 11.2. The first-order valence-corrected chi connectivity index (χ1v) is 6.21. The van der Waals surface area contributed by atoms with Crippen LogP contribution in [-0.2, 0) is 11.2 Å². The molecule has 0 aliphatic carbocycles. The van der Waals surface area contributed by atoms with Crippen molar-refractivity contribution in [3.05, 3.63) is 48.2 Å². The van der Waals surface area contributed by atoms with E-state index in [1.54, 1.807) is 12.4 Å². The molecule has 20 heavy (non-hydrogen) atoms. The number of methoxy groups -OCH3 is 1. The summed E-state index contributed by atoms with van der Waals surface area (Å²) >= 11 is 0. The minimum Gasteiger partial charge on any atom is -0.477 e. The smallest absolute Gasteiger partial charge is 0.358 e. The van der Waals surface area contributed by atoms with Gasteiger partial charge in [-0.1, -0.05) is 0 Å². The zero-order valence-electron chi connectivity index (χ0n) is 11.2. The van der Waals surface area contributed by atoms with Crippen LogP contribution in [-0.4, -0.2) is 34.6 Å². The fraction of sp³-hybridized carbons (Fsp3) is 0.286. The largest absolute Gasteiger partial charge is 0.477 e. The second-order valence-electron chi connectivity index (χ2n) is 4.04. The molecule has 0 amide bonds. The molecule has 0 aromatic carbocycles. The van der Waals surface area contributed by atoms with Gasteiger partial charge in [-0.25, -0.2) is 14.8 Å². The molecule has 104 valence electrons. The normalized spacial score (nSPS) is 10.1. The van der Waals surface area contributed by atoms with Crippen LogP contribution >= 0.6 is 0 Å². The van der Waals surface area contributed by atoms with Gasteiger partial charge >= 0.3 is 5.97 Å². The van der Waals surface area contributed by atoms with Gasteiger partial charge in [-0.3, -0.25) is 4.98 Å². The lowest BCUT2D eigenvalue weighted by atomic mass is 10.1. The lowest BCUT2D eigenvalue weighted by Crippen LogP contribution is -2.06. The van der Waals surface area contributed by atoms with Crippen LogP contribution in [0, 0.1) is 0 Å². The van der Waals surface area contributed by atoms with Gasteiger partial charge in [0.2, 0.25) is 5.88 Å². The Kier molecular flexibility index (Phi) is 5.00. The maximum Gasteiger partial charge on any atom is 0.358 e. The number of ether oxygens (including phenoxy) is 2. The van der Waals surface area contributed by atoms with Crippen LogP contribution in [0.15, 0.2) is 36.9 Å². The standard InChI is InChI=1S/C14H15N3O3/c1-19-14(18)12-9-17-13(10-16-12)20-8-2-3-11-4-6-15-7-5-11/h4-7,9-10H,2-3,8H2,1H3. The number of hydrogen-bond donors (Lipinski definition) is 0. The highest BCUT2D eigenvalue weighted by Gasteiger charge is 2.07. The van der Waals surface area contributed by atoms with Gasteiger partial charge in [0.15, 0.2) is 5.69 Å². The molecule has 6 nitrogen and oxygen atoms in total. The van der Waals surface area contributed by atoms with Crippen LogP contribution < -0.4 is 4.74 Å². The Morgan fingerprint density at radius 2 is 2.00 bits per heavy atom. The first-order chi connectivity index (χ1) is 9.79. The number of aromatic nitrogens is 3. The van der Waals surface area contributed by atoms with E-state index in [-0.39, 0.29) is 5.69 Å². The van der Waals surface area contributed by atoms with Crippen molar-refractivity contribution in [1.82, 2.24) is 15.0 Å². The van der Waals surface area contributed by atoms with Crippen molar-refractivity contribution in [3.63, 3.8) is 0 Å². The molecule has 2 aromatic heterocycles. The van der Waals surface area contributed by atoms with E-state index in [0.29, 0.717) is 12.5 Å². The molecule has 0 N–H and O–H groups in total. The SMILES string of the molecule is COC(=O)c1cnc(OCCCc2ccncc2)cn1. The van der Waals surface area contributed by atoms with Crippen molar-refractivity contribution in [2.24, 2.45) is 0 Å². The number of hydrogen-bond acceptors (Lipinski definition) is 6. The third-order valence-corrected chi connectivity index (χ3v) is 2.63. The Morgan fingerprint density at radius 3 is 2.65 bits per heavy atom. The summed E-state index contributed by atoms with van der Waals surface area (Å²) in [7, 11) is 1.30. The van der Waals surface area contributed by atoms with Crippen molar-refractivity contribution in [1.29, 1.82) is 0 Å². The lowest BCUT2D eigenvalue weighted by molar-refractivity contribution is 0.0593. The van der Waals surface area contributed by atoms with E-state index >= 15 is 0 Å². The molecule has 2 rings (SSSR count). The fourth-order valence-electron chi connectivity index (χ4n) is 1.60. The predicted molar refractivity (Wildman–Crippen MR) is 71.4 cm³/mol. The minimum absolute atomic E-state index is 0.164. The average molecular weight is 273 g/mol. The van der Waals surface area contributed by atoms with E-state index in [0.717, 1.165) is 12.8 Å². The lowest BCUT2D eigenvalue weighted by Gasteiger charge is -2.05. The molecule has 0 saturated carbocycles. The molecule has 0 spiro atoms. The highest BCUT2D eigenvalue weighted by Crippen LogP contribution is 2.07. The van der Waals surface area contributed by atoms with Crippen LogP contribution in [0.1, 0.15) is 22.5 Å². The number of pyridine rings is 1. The minimum atomic E-state index is -0.512. The molecule has 0 radical (unpaired) electrons. The highest BCUT2D eigenvalue weighted by atomic mass is 16.5. The van der Waals surface area contributed by atoms with E-state index in [2.05, 4.69) is 19.7 Å². The summed E-state index contributed by atoms with van der Waals surface area (Å²) in [6.45, 7) is 0.536. The van der Waals surface area contributed by atoms with Gasteiger partial charge in [-0.05, 0) is 30.5 Å². The summed E-state index contributed by atoms with van der Waals surface area (Å²) in [5, 5.41) is 0. The maximum absolute atomic E-state index is 11.2. The molecular weight excluding hydrogens is 258 g/mol. The monoisotopic (exact) mass is 273 g/mol. The molecule has 6 heteroatoms. The molecule has 0 aliphatic rings. The molecular formula is C14H15N3O3. The number of carbonyl (C=O) groups excluding carboxylic acids is 1. The van der Waals surface area contributed by atoms with Gasteiger partial charge in [0, 0.05) is 12.4 Å².